The zero-order valence-corrected chi connectivity index (χ0v) is 15.1. The van der Waals surface area contributed by atoms with Gasteiger partial charge in [0.25, 0.3) is 5.91 Å². The summed E-state index contributed by atoms with van der Waals surface area (Å²) in [4.78, 5) is 17.6. The first-order valence-electron chi connectivity index (χ1n) is 8.34. The number of oxazole rings is 1. The Bertz CT molecular complexity index is 1010. The molecule has 27 heavy (non-hydrogen) atoms. The number of amides is 1. The minimum absolute atomic E-state index is 0.268. The summed E-state index contributed by atoms with van der Waals surface area (Å²) in [6.07, 6.45) is 4.58. The van der Waals surface area contributed by atoms with E-state index in [1.54, 1.807) is 24.2 Å². The Morgan fingerprint density at radius 2 is 1.81 bits per heavy atom. The van der Waals surface area contributed by atoms with Gasteiger partial charge in [-0.25, -0.2) is 4.98 Å². The number of benzene rings is 2. The lowest BCUT2D eigenvalue weighted by Crippen LogP contribution is -2.12. The van der Waals surface area contributed by atoms with Gasteiger partial charge in [0.15, 0.2) is 17.9 Å². The molecule has 0 bridgehead atoms. The number of thioether (sulfide) groups is 1. The van der Waals surface area contributed by atoms with Crippen molar-refractivity contribution in [2.45, 2.75) is 10.6 Å². The number of carbonyl (C=O) groups is 1. The Balaban J connectivity index is 1.42. The molecule has 2 aromatic carbocycles. The molecule has 134 valence electrons. The van der Waals surface area contributed by atoms with Crippen molar-refractivity contribution in [3.63, 3.8) is 0 Å². The Kier molecular flexibility index (Phi) is 5.07. The van der Waals surface area contributed by atoms with E-state index in [4.69, 9.17) is 8.83 Å². The van der Waals surface area contributed by atoms with Gasteiger partial charge < -0.3 is 14.2 Å². The molecule has 4 aromatic rings. The van der Waals surface area contributed by atoms with E-state index < -0.39 is 0 Å². The maximum Gasteiger partial charge on any atom is 0.291 e. The summed E-state index contributed by atoms with van der Waals surface area (Å²) >= 11 is 1.66. The molecule has 1 N–H and O–H groups in total. The van der Waals surface area contributed by atoms with Crippen molar-refractivity contribution in [3.05, 3.63) is 90.8 Å². The summed E-state index contributed by atoms with van der Waals surface area (Å²) in [6, 6.07) is 19.2. The molecule has 0 aliphatic rings. The van der Waals surface area contributed by atoms with Crippen molar-refractivity contribution in [1.29, 1.82) is 0 Å². The Hall–Kier alpha value is -3.25. The molecule has 0 fully saturated rings. The van der Waals surface area contributed by atoms with Crippen LogP contribution in [0.4, 0.5) is 5.69 Å². The summed E-state index contributed by atoms with van der Waals surface area (Å²) in [5.41, 5.74) is 2.43. The van der Waals surface area contributed by atoms with Gasteiger partial charge in [0, 0.05) is 27.5 Å². The second-order valence-electron chi connectivity index (χ2n) is 5.77. The van der Waals surface area contributed by atoms with E-state index in [2.05, 4.69) is 10.3 Å². The van der Waals surface area contributed by atoms with Crippen LogP contribution in [0.25, 0.3) is 11.3 Å². The zero-order chi connectivity index (χ0) is 18.5. The molecule has 0 aliphatic carbocycles. The third-order valence-corrected chi connectivity index (χ3v) is 5.01. The van der Waals surface area contributed by atoms with Gasteiger partial charge in [-0.2, -0.15) is 0 Å². The number of carbonyl (C=O) groups excluding carboxylic acids is 1. The van der Waals surface area contributed by atoms with Gasteiger partial charge in [-0.15, -0.1) is 11.8 Å². The molecule has 4 rings (SSSR count). The van der Waals surface area contributed by atoms with E-state index >= 15 is 0 Å². The highest BCUT2D eigenvalue weighted by atomic mass is 32.2. The highest BCUT2D eigenvalue weighted by molar-refractivity contribution is 7.98. The van der Waals surface area contributed by atoms with Crippen molar-refractivity contribution >= 4 is 23.4 Å². The second-order valence-corrected chi connectivity index (χ2v) is 6.82. The van der Waals surface area contributed by atoms with Gasteiger partial charge in [0.2, 0.25) is 0 Å². The molecule has 1 amide bonds. The molecule has 5 nitrogen and oxygen atoms in total. The van der Waals surface area contributed by atoms with Crippen molar-refractivity contribution in [1.82, 2.24) is 4.98 Å². The summed E-state index contributed by atoms with van der Waals surface area (Å²) in [5, 5.41) is 2.87. The van der Waals surface area contributed by atoms with Crippen LogP contribution in [0.3, 0.4) is 0 Å². The van der Waals surface area contributed by atoms with Crippen LogP contribution in [0.5, 0.6) is 0 Å². The number of hydrogen-bond acceptors (Lipinski definition) is 5. The second kappa shape index (κ2) is 7.97. The molecule has 0 spiro atoms. The number of anilines is 1. The number of aromatic nitrogens is 1. The quantitative estimate of drug-likeness (QED) is 0.451. The van der Waals surface area contributed by atoms with Gasteiger partial charge in [0.05, 0.1) is 12.5 Å². The van der Waals surface area contributed by atoms with Gasteiger partial charge in [-0.1, -0.05) is 18.2 Å². The molecule has 0 saturated carbocycles. The third kappa shape index (κ3) is 4.12. The van der Waals surface area contributed by atoms with Gasteiger partial charge in [-0.05, 0) is 42.5 Å². The normalized spacial score (nSPS) is 10.7. The molecular weight excluding hydrogens is 360 g/mol. The Labute approximate surface area is 160 Å². The number of nitrogens with one attached hydrogen (secondary N) is 1. The summed E-state index contributed by atoms with van der Waals surface area (Å²) in [7, 11) is 0. The van der Waals surface area contributed by atoms with Crippen LogP contribution in [0, 0.1) is 0 Å². The lowest BCUT2D eigenvalue weighted by atomic mass is 10.1. The van der Waals surface area contributed by atoms with E-state index in [0.29, 0.717) is 23.0 Å². The average Bonchev–Trinajstić information content (AvgIpc) is 3.40. The lowest BCUT2D eigenvalue weighted by Gasteiger charge is -2.06. The standard InChI is InChI=1S/C21H16N2O3S/c24-21(23-17-8-6-15(7-9-17)19-12-22-14-26-19)20-16(10-11-25-20)13-27-18-4-2-1-3-5-18/h1-12,14H,13H2,(H,23,24). The number of nitrogens with zero attached hydrogens (tertiary/aromatic N) is 1. The van der Waals surface area contributed by atoms with Crippen molar-refractivity contribution in [2.75, 3.05) is 5.32 Å². The Morgan fingerprint density at radius 3 is 2.56 bits per heavy atom. The minimum atomic E-state index is -0.268. The molecular formula is C21H16N2O3S. The summed E-state index contributed by atoms with van der Waals surface area (Å²) in [6.45, 7) is 0. The molecule has 0 atom stereocenters. The van der Waals surface area contributed by atoms with Gasteiger partial charge in [-0.3, -0.25) is 4.79 Å². The molecule has 2 aromatic heterocycles. The van der Waals surface area contributed by atoms with Crippen molar-refractivity contribution in [2.24, 2.45) is 0 Å². The third-order valence-electron chi connectivity index (χ3n) is 3.95. The molecule has 0 unspecified atom stereocenters. The maximum atomic E-state index is 12.6. The predicted octanol–water partition coefficient (Wildman–Crippen LogP) is 5.48. The SMILES string of the molecule is O=C(Nc1ccc(-c2cnco2)cc1)c1occc1CSc1ccccc1. The first-order chi connectivity index (χ1) is 13.3. The highest BCUT2D eigenvalue weighted by Crippen LogP contribution is 2.26. The van der Waals surface area contributed by atoms with Crippen molar-refractivity contribution in [3.8, 4) is 11.3 Å². The van der Waals surface area contributed by atoms with Crippen LogP contribution < -0.4 is 5.32 Å². The van der Waals surface area contributed by atoms with E-state index in [-0.39, 0.29) is 5.91 Å². The predicted molar refractivity (Wildman–Crippen MR) is 105 cm³/mol. The number of furan rings is 1. The monoisotopic (exact) mass is 376 g/mol. The lowest BCUT2D eigenvalue weighted by molar-refractivity contribution is 0.0996. The maximum absolute atomic E-state index is 12.6. The number of rotatable bonds is 6. The van der Waals surface area contributed by atoms with Gasteiger partial charge in [0.1, 0.15) is 0 Å². The molecule has 2 heterocycles. The summed E-state index contributed by atoms with van der Waals surface area (Å²) < 4.78 is 10.7. The van der Waals surface area contributed by atoms with E-state index in [0.717, 1.165) is 16.0 Å². The van der Waals surface area contributed by atoms with Crippen LogP contribution in [0.1, 0.15) is 16.1 Å². The first-order valence-corrected chi connectivity index (χ1v) is 9.32. The van der Waals surface area contributed by atoms with Crippen LogP contribution >= 0.6 is 11.8 Å². The molecule has 0 saturated heterocycles. The smallest absolute Gasteiger partial charge is 0.291 e. The topological polar surface area (TPSA) is 68.3 Å². The number of hydrogen-bond donors (Lipinski definition) is 1. The van der Waals surface area contributed by atoms with E-state index in [1.807, 2.05) is 60.7 Å². The first kappa shape index (κ1) is 17.2. The zero-order valence-electron chi connectivity index (χ0n) is 14.3. The minimum Gasteiger partial charge on any atom is -0.459 e. The fourth-order valence-corrected chi connectivity index (χ4v) is 3.49. The fraction of sp³-hybridized carbons (Fsp3) is 0.0476. The van der Waals surface area contributed by atoms with E-state index in [9.17, 15) is 4.79 Å². The van der Waals surface area contributed by atoms with Crippen LogP contribution in [-0.2, 0) is 5.75 Å². The van der Waals surface area contributed by atoms with Crippen LogP contribution in [-0.4, -0.2) is 10.9 Å². The van der Waals surface area contributed by atoms with Gasteiger partial charge >= 0.3 is 0 Å². The molecule has 0 aliphatic heterocycles. The molecule has 6 heteroatoms. The average molecular weight is 376 g/mol. The highest BCUT2D eigenvalue weighted by Gasteiger charge is 2.16. The Morgan fingerprint density at radius 1 is 1.00 bits per heavy atom. The fourth-order valence-electron chi connectivity index (χ4n) is 2.59. The molecule has 0 radical (unpaired) electrons. The van der Waals surface area contributed by atoms with E-state index in [1.165, 1.54) is 6.39 Å². The van der Waals surface area contributed by atoms with Crippen LogP contribution in [0.15, 0.2) is 93.2 Å². The van der Waals surface area contributed by atoms with Crippen molar-refractivity contribution < 1.29 is 13.6 Å². The largest absolute Gasteiger partial charge is 0.459 e. The summed E-state index contributed by atoms with van der Waals surface area (Å²) in [5.74, 6) is 1.40. The van der Waals surface area contributed by atoms with Crippen LogP contribution in [0.2, 0.25) is 0 Å².